The van der Waals surface area contributed by atoms with Gasteiger partial charge in [-0.3, -0.25) is 19.4 Å². The fourth-order valence-corrected chi connectivity index (χ4v) is 5.62. The number of ether oxygens (including phenoxy) is 1. The fourth-order valence-electron chi connectivity index (χ4n) is 5.62. The van der Waals surface area contributed by atoms with Crippen molar-refractivity contribution >= 4 is 57.3 Å². The highest BCUT2D eigenvalue weighted by Crippen LogP contribution is 2.52. The molecule has 1 aromatic carbocycles. The minimum Gasteiger partial charge on any atom is -0.489 e. The van der Waals surface area contributed by atoms with Gasteiger partial charge in [0.1, 0.15) is 61.5 Å². The molecule has 0 fully saturated rings. The smallest absolute Gasteiger partial charge is 0.272 e. The third-order valence-corrected chi connectivity index (χ3v) is 8.83. The van der Waals surface area contributed by atoms with Crippen molar-refractivity contribution in [2.75, 3.05) is 20.1 Å². The van der Waals surface area contributed by atoms with Crippen LogP contribution in [0.3, 0.4) is 0 Å². The van der Waals surface area contributed by atoms with Crippen LogP contribution >= 0.6 is 0 Å². The maximum Gasteiger partial charge on any atom is 0.272 e. The number of nitrogens with zero attached hydrogens (tertiary/aromatic N) is 2. The Morgan fingerprint density at radius 2 is 1.81 bits per heavy atom. The van der Waals surface area contributed by atoms with Crippen LogP contribution in [-0.2, 0) is 32.3 Å². The largest absolute Gasteiger partial charge is 0.489 e. The van der Waals surface area contributed by atoms with Crippen molar-refractivity contribution in [3.63, 3.8) is 0 Å². The number of nitrogens with one attached hydrogen (secondary N) is 1. The van der Waals surface area contributed by atoms with Crippen LogP contribution in [0.4, 0.5) is 4.39 Å². The number of carbonyl (C=O) groups excluding carboxylic acids is 3. The van der Waals surface area contributed by atoms with Gasteiger partial charge in [0.05, 0.1) is 6.10 Å². The molecule has 0 bridgehead atoms. The lowest BCUT2D eigenvalue weighted by Gasteiger charge is -2.56. The van der Waals surface area contributed by atoms with E-state index < -0.39 is 45.5 Å². The van der Waals surface area contributed by atoms with E-state index in [0.29, 0.717) is 29.8 Å². The van der Waals surface area contributed by atoms with Crippen LogP contribution < -0.4 is 5.32 Å². The van der Waals surface area contributed by atoms with E-state index in [1.54, 1.807) is 25.1 Å². The molecule has 1 aromatic rings. The Balaban J connectivity index is 2.59. The minimum atomic E-state index is -2.75. The first-order valence-corrected chi connectivity index (χ1v) is 15.8. The van der Waals surface area contributed by atoms with Crippen molar-refractivity contribution in [2.24, 2.45) is 5.41 Å². The lowest BCUT2D eigenvalue weighted by molar-refractivity contribution is -0.202. The van der Waals surface area contributed by atoms with Gasteiger partial charge in [0, 0.05) is 49.5 Å². The van der Waals surface area contributed by atoms with E-state index in [0.717, 1.165) is 6.08 Å². The average Bonchev–Trinajstić information content (AvgIpc) is 2.98. The van der Waals surface area contributed by atoms with Gasteiger partial charge in [-0.15, -0.1) is 0 Å². The zero-order chi connectivity index (χ0) is 36.2. The summed E-state index contributed by atoms with van der Waals surface area (Å²) < 4.78 is 21.8. The summed E-state index contributed by atoms with van der Waals surface area (Å²) in [6.07, 6.45) is 5.56. The van der Waals surface area contributed by atoms with Gasteiger partial charge in [0.25, 0.3) is 11.8 Å². The number of hydrogen-bond donors (Lipinski definition) is 4. The summed E-state index contributed by atoms with van der Waals surface area (Å²) in [6.45, 7) is 10.4. The van der Waals surface area contributed by atoms with Crippen molar-refractivity contribution in [3.05, 3.63) is 70.8 Å². The Labute approximate surface area is 282 Å². The highest BCUT2D eigenvalue weighted by Gasteiger charge is 2.63. The summed E-state index contributed by atoms with van der Waals surface area (Å²) >= 11 is 0. The Morgan fingerprint density at radius 3 is 2.34 bits per heavy atom. The predicted octanol–water partition coefficient (Wildman–Crippen LogP) is -2.52. The third kappa shape index (κ3) is 9.10. The summed E-state index contributed by atoms with van der Waals surface area (Å²) in [5.41, 5.74) is -4.45. The molecule has 47 heavy (non-hydrogen) atoms. The molecule has 2 amide bonds. The van der Waals surface area contributed by atoms with E-state index in [-0.39, 0.29) is 35.5 Å². The number of benzene rings is 1. The SMILES string of the molecule is BC1(O)/C=C(OCc2cccc(CN(CC(C)O)CC(C)(C)C)c2F)/C=C\C=C(/C)C(=O)N1C(O)(C(=O)NC)C(B)(B)C(B)(B)C=O. The molecule has 3 unspecified atom stereocenters. The summed E-state index contributed by atoms with van der Waals surface area (Å²) in [6, 6.07) is 4.97. The average molecular weight is 649 g/mol. The second kappa shape index (κ2) is 15.0. The molecule has 0 spiro atoms. The molecule has 0 aliphatic carbocycles. The Morgan fingerprint density at radius 1 is 1.21 bits per heavy atom. The number of hydrogen-bond acceptors (Lipinski definition) is 8. The monoisotopic (exact) mass is 649 g/mol. The first kappa shape index (κ1) is 40.1. The van der Waals surface area contributed by atoms with Gasteiger partial charge in [-0.1, -0.05) is 51.1 Å². The van der Waals surface area contributed by atoms with E-state index in [4.69, 9.17) is 4.74 Å². The van der Waals surface area contributed by atoms with Crippen molar-refractivity contribution in [1.82, 2.24) is 15.1 Å². The number of likely N-dealkylation sites (N-methyl/N-ethyl adjacent to an activating group) is 1. The Hall–Kier alpha value is -3.06. The molecule has 1 heterocycles. The molecular formula is C31H49B5FN3O7. The van der Waals surface area contributed by atoms with E-state index >= 15 is 4.39 Å². The minimum absolute atomic E-state index is 0.0266. The zero-order valence-corrected chi connectivity index (χ0v) is 29.8. The van der Waals surface area contributed by atoms with Gasteiger partial charge in [0.2, 0.25) is 5.72 Å². The van der Waals surface area contributed by atoms with Gasteiger partial charge < -0.3 is 30.2 Å². The second-order valence-electron chi connectivity index (χ2n) is 15.0. The van der Waals surface area contributed by atoms with Crippen LogP contribution in [0.1, 0.15) is 45.7 Å². The standard InChI is InChI=1S/C31H49B5FN3O7/c1-19-9-7-12-23(47-16-22-11-8-10-21(24(22)37)15-39(14-20(2)42)17-27(3,4)5)13-29(34,45)40(25(19)43)30(46,26(44)38-6)31(35,36)28(32,33)18-41/h7-13,18,20,42,45-46H,14-17,32-36H2,1-6H3,(H,38,44)/b12-7-,19-9+,23-13-. The number of aldehydes is 1. The van der Waals surface area contributed by atoms with Gasteiger partial charge in [-0.2, -0.15) is 0 Å². The topological polar surface area (TPSA) is 140 Å². The number of allylic oxidation sites excluding steroid dienone is 3. The van der Waals surface area contributed by atoms with E-state index in [9.17, 15) is 29.7 Å². The third-order valence-electron chi connectivity index (χ3n) is 8.83. The van der Waals surface area contributed by atoms with Crippen molar-refractivity contribution in [1.29, 1.82) is 0 Å². The molecule has 4 N–H and O–H groups in total. The number of carbonyl (C=O) groups is 3. The second-order valence-corrected chi connectivity index (χ2v) is 15.0. The van der Waals surface area contributed by atoms with E-state index in [1.165, 1.54) is 71.4 Å². The lowest BCUT2D eigenvalue weighted by Crippen LogP contribution is -2.75. The number of rotatable bonds is 13. The number of aliphatic hydroxyl groups is 3. The van der Waals surface area contributed by atoms with Gasteiger partial charge in [0.15, 0.2) is 7.85 Å². The number of aliphatic hydroxyl groups excluding tert-OH is 1. The molecule has 0 aromatic heterocycles. The van der Waals surface area contributed by atoms with E-state index in [2.05, 4.69) is 26.1 Å². The molecule has 252 valence electrons. The molecule has 16 heteroatoms. The Kier molecular flexibility index (Phi) is 12.8. The van der Waals surface area contributed by atoms with Crippen LogP contribution in [0.15, 0.2) is 53.8 Å². The van der Waals surface area contributed by atoms with Crippen molar-refractivity contribution < 1.29 is 38.8 Å². The summed E-state index contributed by atoms with van der Waals surface area (Å²) in [4.78, 5) is 42.2. The summed E-state index contributed by atoms with van der Waals surface area (Å²) in [5.74, 6) is -2.33. The van der Waals surface area contributed by atoms with Gasteiger partial charge in [-0.25, -0.2) is 4.39 Å². The molecule has 0 radical (unpaired) electrons. The lowest BCUT2D eigenvalue weighted by atomic mass is 9.27. The predicted molar refractivity (Wildman–Crippen MR) is 194 cm³/mol. The zero-order valence-electron chi connectivity index (χ0n) is 29.8. The molecule has 2 rings (SSSR count). The first-order chi connectivity index (χ1) is 21.4. The molecule has 10 nitrogen and oxygen atoms in total. The van der Waals surface area contributed by atoms with Gasteiger partial charge in [-0.05, 0) is 35.8 Å². The van der Waals surface area contributed by atoms with Crippen LogP contribution in [0.2, 0.25) is 10.4 Å². The van der Waals surface area contributed by atoms with Crippen LogP contribution in [0.5, 0.6) is 0 Å². The van der Waals surface area contributed by atoms with E-state index in [1.807, 2.05) is 4.90 Å². The number of halogens is 1. The van der Waals surface area contributed by atoms with Crippen LogP contribution in [0.25, 0.3) is 0 Å². The summed E-state index contributed by atoms with van der Waals surface area (Å²) in [5, 5.41) is 33.6. The molecule has 0 saturated carbocycles. The Bertz CT molecular complexity index is 1430. The van der Waals surface area contributed by atoms with Crippen LogP contribution in [0, 0.1) is 11.2 Å². The fraction of sp³-hybridized carbons (Fsp3) is 0.516. The first-order valence-electron chi connectivity index (χ1n) is 15.8. The molecule has 0 saturated heterocycles. The normalized spacial score (nSPS) is 22.8. The summed E-state index contributed by atoms with van der Waals surface area (Å²) in [7, 11) is 8.46. The molecule has 1 aliphatic rings. The van der Waals surface area contributed by atoms with Crippen molar-refractivity contribution in [3.8, 4) is 0 Å². The highest BCUT2D eigenvalue weighted by molar-refractivity contribution is 6.60. The maximum absolute atomic E-state index is 15.8. The van der Waals surface area contributed by atoms with Gasteiger partial charge >= 0.3 is 0 Å². The quantitative estimate of drug-likeness (QED) is 0.136. The maximum atomic E-state index is 15.8. The van der Waals surface area contributed by atoms with Crippen LogP contribution in [-0.4, -0.2) is 120 Å². The number of amides is 2. The molecular weight excluding hydrogens is 599 g/mol. The molecule has 3 atom stereocenters. The highest BCUT2D eigenvalue weighted by atomic mass is 19.1. The molecule has 1 aliphatic heterocycles. The van der Waals surface area contributed by atoms with Crippen molar-refractivity contribution in [2.45, 2.75) is 75.7 Å².